The molecule has 2 aliphatic carbocycles. The Hall–Kier alpha value is -6.84. The predicted octanol–water partition coefficient (Wildman–Crippen LogP) is 11.6. The maximum absolute atomic E-state index is 6.67. The number of aromatic nitrogens is 2. The van der Waals surface area contributed by atoms with Gasteiger partial charge in [-0.05, 0) is 74.3 Å². The van der Waals surface area contributed by atoms with Gasteiger partial charge >= 0.3 is 0 Å². The Morgan fingerprint density at radius 3 is 1.57 bits per heavy atom. The van der Waals surface area contributed by atoms with Crippen molar-refractivity contribution in [3.8, 4) is 33.8 Å². The Labute approximate surface area is 306 Å². The van der Waals surface area contributed by atoms with Crippen LogP contribution in [-0.2, 0) is 10.8 Å². The van der Waals surface area contributed by atoms with Gasteiger partial charge < -0.3 is 4.74 Å². The van der Waals surface area contributed by atoms with Gasteiger partial charge in [0.05, 0.1) is 21.9 Å². The topological polar surface area (TPSA) is 35.0 Å². The summed E-state index contributed by atoms with van der Waals surface area (Å²) in [6.07, 6.45) is 3.88. The highest BCUT2D eigenvalue weighted by Gasteiger charge is 2.58. The van der Waals surface area contributed by atoms with Crippen molar-refractivity contribution in [2.45, 2.75) is 10.8 Å². The van der Waals surface area contributed by atoms with E-state index in [9.17, 15) is 0 Å². The van der Waals surface area contributed by atoms with Gasteiger partial charge in [0.15, 0.2) is 0 Å². The van der Waals surface area contributed by atoms with Crippen LogP contribution in [0.4, 0.5) is 0 Å². The smallest absolute Gasteiger partial charge is 0.132 e. The maximum atomic E-state index is 6.67. The number of para-hydroxylation sites is 2. The van der Waals surface area contributed by atoms with Crippen molar-refractivity contribution in [3.05, 3.63) is 227 Å². The van der Waals surface area contributed by atoms with Crippen LogP contribution in [0.3, 0.4) is 0 Å². The molecule has 0 saturated carbocycles. The van der Waals surface area contributed by atoms with Crippen molar-refractivity contribution >= 4 is 21.8 Å². The largest absolute Gasteiger partial charge is 0.457 e. The Balaban J connectivity index is 1.20. The molecule has 0 N–H and O–H groups in total. The first-order valence-corrected chi connectivity index (χ1v) is 18.2. The summed E-state index contributed by atoms with van der Waals surface area (Å²) >= 11 is 0. The summed E-state index contributed by atoms with van der Waals surface area (Å²) in [5.41, 5.74) is 15.6. The van der Waals surface area contributed by atoms with E-state index in [4.69, 9.17) is 14.7 Å². The fourth-order valence-electron chi connectivity index (χ4n) is 10.2. The van der Waals surface area contributed by atoms with Crippen LogP contribution < -0.4 is 4.74 Å². The molecule has 3 heterocycles. The minimum Gasteiger partial charge on any atom is -0.457 e. The van der Waals surface area contributed by atoms with Crippen LogP contribution in [0.5, 0.6) is 11.5 Å². The number of ether oxygens (including phenoxy) is 1. The zero-order chi connectivity index (χ0) is 34.7. The maximum Gasteiger partial charge on any atom is 0.132 e. The Morgan fingerprint density at radius 1 is 0.377 bits per heavy atom. The summed E-state index contributed by atoms with van der Waals surface area (Å²) in [4.78, 5) is 9.76. The number of fused-ring (bicyclic) bond motifs is 18. The van der Waals surface area contributed by atoms with Crippen molar-refractivity contribution in [2.75, 3.05) is 0 Å². The SMILES string of the molecule is c1ccc2c(c1)Oc1ccccc1C21c2ccccc2C2(c3ccccc3-c3c(-c4cnc5c(ccc6cccnc65)c4)cccc32)c2ccccc21. The summed E-state index contributed by atoms with van der Waals surface area (Å²) < 4.78 is 6.67. The van der Waals surface area contributed by atoms with Gasteiger partial charge in [-0.2, -0.15) is 0 Å². The molecule has 246 valence electrons. The molecule has 0 fully saturated rings. The van der Waals surface area contributed by atoms with E-state index >= 15 is 0 Å². The van der Waals surface area contributed by atoms with Gasteiger partial charge in [0.2, 0.25) is 0 Å². The van der Waals surface area contributed by atoms with Crippen molar-refractivity contribution in [1.29, 1.82) is 0 Å². The molecule has 0 unspecified atom stereocenters. The Bertz CT molecular complexity index is 2920. The number of hydrogen-bond acceptors (Lipinski definition) is 3. The number of benzene rings is 7. The van der Waals surface area contributed by atoms with E-state index in [-0.39, 0.29) is 0 Å². The lowest BCUT2D eigenvalue weighted by molar-refractivity contribution is 0.429. The first kappa shape index (κ1) is 28.8. The van der Waals surface area contributed by atoms with E-state index in [1.807, 2.05) is 18.5 Å². The highest BCUT2D eigenvalue weighted by Crippen LogP contribution is 2.67. The van der Waals surface area contributed by atoms with Gasteiger partial charge in [-0.15, -0.1) is 0 Å². The van der Waals surface area contributed by atoms with E-state index in [1.165, 1.54) is 50.1 Å². The van der Waals surface area contributed by atoms with E-state index in [1.54, 1.807) is 0 Å². The van der Waals surface area contributed by atoms with Gasteiger partial charge in [0.1, 0.15) is 11.5 Å². The minimum atomic E-state index is -0.585. The monoisotopic (exact) mass is 674 g/mol. The predicted molar refractivity (Wildman–Crippen MR) is 212 cm³/mol. The fourth-order valence-corrected chi connectivity index (χ4v) is 10.2. The fraction of sp³-hybridized carbons (Fsp3) is 0.0400. The van der Waals surface area contributed by atoms with Gasteiger partial charge in [-0.25, -0.2) is 0 Å². The van der Waals surface area contributed by atoms with E-state index < -0.39 is 10.8 Å². The molecule has 0 saturated heterocycles. The van der Waals surface area contributed by atoms with Crippen LogP contribution in [-0.4, -0.2) is 9.97 Å². The molecule has 9 aromatic rings. The highest BCUT2D eigenvalue weighted by atomic mass is 16.5. The summed E-state index contributed by atoms with van der Waals surface area (Å²) in [7, 11) is 0. The molecular weight excluding hydrogens is 645 g/mol. The summed E-state index contributed by atoms with van der Waals surface area (Å²) in [6.45, 7) is 0. The molecule has 0 bridgehead atoms. The second kappa shape index (κ2) is 10.4. The van der Waals surface area contributed by atoms with Gasteiger partial charge in [-0.1, -0.05) is 146 Å². The minimum absolute atomic E-state index is 0.563. The number of nitrogens with zero attached hydrogens (tertiary/aromatic N) is 2. The first-order chi connectivity index (χ1) is 26.3. The number of hydrogen-bond donors (Lipinski definition) is 0. The van der Waals surface area contributed by atoms with Crippen molar-refractivity contribution in [2.24, 2.45) is 0 Å². The lowest BCUT2D eigenvalue weighted by Crippen LogP contribution is -2.45. The van der Waals surface area contributed by atoms with E-state index in [0.29, 0.717) is 0 Å². The molecule has 3 heteroatoms. The number of pyridine rings is 2. The lowest BCUT2D eigenvalue weighted by Gasteiger charge is -2.51. The molecule has 0 amide bonds. The molecule has 2 spiro atoms. The molecule has 12 rings (SSSR count). The van der Waals surface area contributed by atoms with E-state index in [2.05, 4.69) is 164 Å². The van der Waals surface area contributed by atoms with Crippen LogP contribution in [0.1, 0.15) is 44.5 Å². The summed E-state index contributed by atoms with van der Waals surface area (Å²) in [6, 6.07) is 62.1. The average molecular weight is 675 g/mol. The second-order valence-electron chi connectivity index (χ2n) is 14.4. The third kappa shape index (κ3) is 3.49. The first-order valence-electron chi connectivity index (χ1n) is 18.2. The van der Waals surface area contributed by atoms with Crippen LogP contribution in [0.15, 0.2) is 182 Å². The van der Waals surface area contributed by atoms with Crippen molar-refractivity contribution in [3.63, 3.8) is 0 Å². The quantitative estimate of drug-likeness (QED) is 0.163. The van der Waals surface area contributed by atoms with Crippen LogP contribution in [0.2, 0.25) is 0 Å². The molecule has 1 aliphatic heterocycles. The molecular formula is C50H30N2O. The molecule has 0 radical (unpaired) electrons. The molecule has 3 nitrogen and oxygen atoms in total. The number of rotatable bonds is 1. The Kier molecular flexibility index (Phi) is 5.64. The lowest BCUT2D eigenvalue weighted by atomic mass is 9.51. The van der Waals surface area contributed by atoms with Gasteiger partial charge in [0.25, 0.3) is 0 Å². The zero-order valence-electron chi connectivity index (χ0n) is 28.6. The van der Waals surface area contributed by atoms with Gasteiger partial charge in [-0.3, -0.25) is 9.97 Å². The summed E-state index contributed by atoms with van der Waals surface area (Å²) in [5, 5.41) is 2.18. The third-order valence-corrected chi connectivity index (χ3v) is 12.1. The van der Waals surface area contributed by atoms with Crippen LogP contribution in [0, 0.1) is 0 Å². The highest BCUT2D eigenvalue weighted by molar-refractivity contribution is 6.05. The third-order valence-electron chi connectivity index (χ3n) is 12.1. The van der Waals surface area contributed by atoms with E-state index in [0.717, 1.165) is 50.0 Å². The zero-order valence-corrected chi connectivity index (χ0v) is 28.6. The van der Waals surface area contributed by atoms with Crippen LogP contribution >= 0.6 is 0 Å². The van der Waals surface area contributed by atoms with Crippen molar-refractivity contribution in [1.82, 2.24) is 9.97 Å². The second-order valence-corrected chi connectivity index (χ2v) is 14.4. The average Bonchev–Trinajstić information content (AvgIpc) is 3.53. The van der Waals surface area contributed by atoms with Crippen molar-refractivity contribution < 1.29 is 4.74 Å². The molecule has 0 atom stereocenters. The molecule has 2 aromatic heterocycles. The Morgan fingerprint density at radius 2 is 0.887 bits per heavy atom. The molecule has 7 aromatic carbocycles. The molecule has 53 heavy (non-hydrogen) atoms. The normalized spacial score (nSPS) is 14.9. The molecule has 3 aliphatic rings. The van der Waals surface area contributed by atoms with Crippen LogP contribution in [0.25, 0.3) is 44.1 Å². The standard InChI is InChI=1S/C50H30N2O/c1-2-16-36-35(14-1)46-34(33-29-32-27-26-31-13-12-28-51-47(31)48(32)52-30-33)15-11-23-43(46)49(36)37-17-3-5-19-39(37)50(40-20-6-4-18-38(40)49)41-21-7-9-24-44(41)53-45-25-10-8-22-42(45)50/h1-30H. The van der Waals surface area contributed by atoms with Gasteiger partial charge in [0, 0.05) is 39.9 Å². The summed E-state index contributed by atoms with van der Waals surface area (Å²) in [5.74, 6) is 1.79.